The molecule has 0 fully saturated rings. The summed E-state index contributed by atoms with van der Waals surface area (Å²) in [7, 11) is -0.928. The second kappa shape index (κ2) is 9.34. The van der Waals surface area contributed by atoms with Gasteiger partial charge in [0.2, 0.25) is 8.45 Å². The Balaban J connectivity index is 5.42. The van der Waals surface area contributed by atoms with E-state index in [0.717, 1.165) is 0 Å². The van der Waals surface area contributed by atoms with Crippen LogP contribution in [-0.4, -0.2) is 33.5 Å². The minimum absolute atomic E-state index is 0.386. The van der Waals surface area contributed by atoms with Crippen molar-refractivity contribution in [3.63, 3.8) is 0 Å². The molecule has 5 heteroatoms. The summed E-state index contributed by atoms with van der Waals surface area (Å²) in [5.74, 6) is 0. The van der Waals surface area contributed by atoms with Gasteiger partial charge < -0.3 is 4.52 Å². The summed E-state index contributed by atoms with van der Waals surface area (Å²) >= 11 is 0. The molecule has 0 heterocycles. The molecule has 0 aromatic rings. The van der Waals surface area contributed by atoms with Crippen LogP contribution < -0.4 is 0 Å². The molecule has 0 aliphatic heterocycles. The van der Waals surface area contributed by atoms with Crippen LogP contribution in [0, 0.1) is 11.3 Å². The second-order valence-corrected chi connectivity index (χ2v) is 7.57. The van der Waals surface area contributed by atoms with Gasteiger partial charge in [-0.15, -0.1) is 0 Å². The minimum Gasteiger partial charge on any atom is -0.452 e. The summed E-state index contributed by atoms with van der Waals surface area (Å²) < 4.78 is 10.7. The van der Waals surface area contributed by atoms with Crippen molar-refractivity contribution < 1.29 is 4.52 Å². The average molecular weight is 299 g/mol. The van der Waals surface area contributed by atoms with Crippen LogP contribution in [0.25, 0.3) is 0 Å². The Hall–Kier alpha value is -0.620. The normalized spacial score (nSPS) is 12.9. The van der Waals surface area contributed by atoms with Crippen molar-refractivity contribution in [3.8, 4) is 6.07 Å². The topological polar surface area (TPSA) is 39.5 Å². The predicted molar refractivity (Wildman–Crippen MR) is 87.0 cm³/mol. The van der Waals surface area contributed by atoms with Gasteiger partial charge in [-0.05, 0) is 55.4 Å². The van der Waals surface area contributed by atoms with Crippen molar-refractivity contribution >= 4 is 8.45 Å². The van der Waals surface area contributed by atoms with Gasteiger partial charge in [0.25, 0.3) is 0 Å². The van der Waals surface area contributed by atoms with Crippen LogP contribution in [0.5, 0.6) is 0 Å². The fraction of sp³-hybridized carbons (Fsp3) is 0.800. The Bertz CT molecular complexity index is 299. The predicted octanol–water partition coefficient (Wildman–Crippen LogP) is 4.50. The molecule has 116 valence electrons. The van der Waals surface area contributed by atoms with Crippen LogP contribution in [0.2, 0.25) is 0 Å². The third kappa shape index (κ3) is 5.79. The van der Waals surface area contributed by atoms with Crippen LogP contribution in [-0.2, 0) is 4.52 Å². The minimum atomic E-state index is -0.928. The van der Waals surface area contributed by atoms with Crippen molar-refractivity contribution in [2.24, 2.45) is 0 Å². The summed E-state index contributed by atoms with van der Waals surface area (Å²) in [6, 6.07) is 3.53. The van der Waals surface area contributed by atoms with E-state index in [1.54, 1.807) is 0 Å². The quantitative estimate of drug-likeness (QED) is 0.376. The van der Waals surface area contributed by atoms with E-state index >= 15 is 0 Å². The van der Waals surface area contributed by atoms with E-state index in [9.17, 15) is 0 Å². The van der Waals surface area contributed by atoms with Crippen LogP contribution in [0.4, 0.5) is 0 Å². The number of allylic oxidation sites excluding steroid dienone is 1. The van der Waals surface area contributed by atoms with Gasteiger partial charge in [-0.1, -0.05) is 0 Å². The van der Waals surface area contributed by atoms with Gasteiger partial charge >= 0.3 is 0 Å². The number of hydrogen-bond donors (Lipinski definition) is 0. The lowest BCUT2D eigenvalue weighted by Gasteiger charge is -2.44. The average Bonchev–Trinajstić information content (AvgIpc) is 2.26. The molecule has 0 aromatic heterocycles. The number of rotatable bonds is 8. The Labute approximate surface area is 126 Å². The largest absolute Gasteiger partial charge is 0.452 e. The third-order valence-electron chi connectivity index (χ3n) is 2.81. The van der Waals surface area contributed by atoms with Crippen LogP contribution >= 0.6 is 8.45 Å². The smallest absolute Gasteiger partial charge is 0.248 e. The molecule has 20 heavy (non-hydrogen) atoms. The first-order valence-electron chi connectivity index (χ1n) is 7.32. The molecular weight excluding hydrogens is 269 g/mol. The molecular formula is C15H30N3OP. The van der Waals surface area contributed by atoms with E-state index in [1.165, 1.54) is 12.3 Å². The third-order valence-corrected chi connectivity index (χ3v) is 5.76. The zero-order valence-electron chi connectivity index (χ0n) is 14.2. The van der Waals surface area contributed by atoms with E-state index in [0.29, 0.717) is 24.2 Å². The van der Waals surface area contributed by atoms with Crippen molar-refractivity contribution in [1.82, 2.24) is 9.34 Å². The molecule has 0 N–H and O–H groups in total. The second-order valence-electron chi connectivity index (χ2n) is 5.93. The van der Waals surface area contributed by atoms with Gasteiger partial charge in [0, 0.05) is 24.2 Å². The van der Waals surface area contributed by atoms with Gasteiger partial charge in [-0.2, -0.15) is 5.26 Å². The maximum Gasteiger partial charge on any atom is 0.248 e. The van der Waals surface area contributed by atoms with Crippen LogP contribution in [0.1, 0.15) is 55.4 Å². The van der Waals surface area contributed by atoms with Crippen molar-refractivity contribution in [2.75, 3.05) is 0 Å². The van der Waals surface area contributed by atoms with Crippen molar-refractivity contribution in [1.29, 1.82) is 5.26 Å². The molecule has 0 amide bonds. The Morgan fingerprint density at radius 3 is 1.45 bits per heavy atom. The molecule has 0 aliphatic rings. The first-order valence-corrected chi connectivity index (χ1v) is 8.48. The molecule has 0 unspecified atom stereocenters. The lowest BCUT2D eigenvalue weighted by atomic mass is 10.3. The molecule has 0 saturated heterocycles. The number of nitriles is 1. The zero-order valence-corrected chi connectivity index (χ0v) is 15.1. The first-order chi connectivity index (χ1) is 9.23. The fourth-order valence-corrected chi connectivity index (χ4v) is 4.53. The maximum absolute atomic E-state index is 8.66. The molecule has 0 saturated carbocycles. The highest BCUT2D eigenvalue weighted by molar-refractivity contribution is 7.47. The Morgan fingerprint density at radius 2 is 1.20 bits per heavy atom. The molecule has 4 nitrogen and oxygen atoms in total. The lowest BCUT2D eigenvalue weighted by Crippen LogP contribution is -2.42. The molecule has 0 bridgehead atoms. The lowest BCUT2D eigenvalue weighted by molar-refractivity contribution is 0.215. The summed E-state index contributed by atoms with van der Waals surface area (Å²) in [5, 5.41) is 8.66. The highest BCUT2D eigenvalue weighted by Crippen LogP contribution is 2.50. The summed E-state index contributed by atoms with van der Waals surface area (Å²) in [4.78, 5) is 0. The molecule has 0 aliphatic carbocycles. The number of hydrogen-bond acceptors (Lipinski definition) is 4. The molecule has 0 aromatic carbocycles. The monoisotopic (exact) mass is 299 g/mol. The van der Waals surface area contributed by atoms with Gasteiger partial charge in [-0.3, -0.25) is 0 Å². The first kappa shape index (κ1) is 19.4. The summed E-state index contributed by atoms with van der Waals surface area (Å²) in [5.41, 5.74) is 0. The summed E-state index contributed by atoms with van der Waals surface area (Å²) in [6.07, 6.45) is 2.92. The highest BCUT2D eigenvalue weighted by Gasteiger charge is 2.34. The number of nitrogens with zero attached hydrogens (tertiary/aromatic N) is 3. The fourth-order valence-electron chi connectivity index (χ4n) is 2.33. The van der Waals surface area contributed by atoms with Crippen molar-refractivity contribution in [3.05, 3.63) is 12.3 Å². The van der Waals surface area contributed by atoms with E-state index < -0.39 is 8.45 Å². The molecule has 0 rings (SSSR count). The van der Waals surface area contributed by atoms with E-state index in [-0.39, 0.29) is 0 Å². The van der Waals surface area contributed by atoms with E-state index in [2.05, 4.69) is 64.7 Å². The molecule has 0 radical (unpaired) electrons. The Morgan fingerprint density at radius 1 is 0.850 bits per heavy atom. The maximum atomic E-state index is 8.66. The van der Waals surface area contributed by atoms with E-state index in [1.807, 2.05) is 6.07 Å². The summed E-state index contributed by atoms with van der Waals surface area (Å²) in [6.45, 7) is 17.5. The standard InChI is InChI=1S/C15H30N3OP/c1-12(2)17(13(3)4)20(19-11-9-10-16)18(14(5)6)15(7)8/h9,11-15H,1-8H3. The van der Waals surface area contributed by atoms with Crippen LogP contribution in [0.3, 0.4) is 0 Å². The zero-order chi connectivity index (χ0) is 15.9. The van der Waals surface area contributed by atoms with Gasteiger partial charge in [0.1, 0.15) is 6.26 Å². The van der Waals surface area contributed by atoms with Gasteiger partial charge in [0.05, 0.1) is 12.1 Å². The Kier molecular flexibility index (Phi) is 9.05. The van der Waals surface area contributed by atoms with Crippen molar-refractivity contribution in [2.45, 2.75) is 79.6 Å². The van der Waals surface area contributed by atoms with Gasteiger partial charge in [-0.25, -0.2) is 9.34 Å². The highest BCUT2D eigenvalue weighted by atomic mass is 31.2. The van der Waals surface area contributed by atoms with E-state index in [4.69, 9.17) is 9.79 Å². The SMILES string of the molecule is CC(C)N(C(C)C)P(OC=CC#N)N(C(C)C)C(C)C. The molecule has 0 spiro atoms. The van der Waals surface area contributed by atoms with Gasteiger partial charge in [0.15, 0.2) is 0 Å². The molecule has 0 atom stereocenters. The van der Waals surface area contributed by atoms with Crippen LogP contribution in [0.15, 0.2) is 12.3 Å².